The van der Waals surface area contributed by atoms with Crippen LogP contribution in [-0.2, 0) is 13.6 Å². The summed E-state index contributed by atoms with van der Waals surface area (Å²) in [5.41, 5.74) is 0. The van der Waals surface area contributed by atoms with E-state index in [2.05, 4.69) is 39.7 Å². The Kier molecular flexibility index (Phi) is 17.4. The quantitative estimate of drug-likeness (QED) is 0.345. The molecule has 0 fully saturated rings. The standard InChI is InChI=1S/C14H34O3Si2.2CH4/c1-7-8-10-15-12-13-16-11-9-14-19(5,6)17-18(2,3)4;;/h7-14H2,1-6H3;2*1H4. The van der Waals surface area contributed by atoms with Gasteiger partial charge in [-0.3, -0.25) is 0 Å². The van der Waals surface area contributed by atoms with E-state index < -0.39 is 16.6 Å². The van der Waals surface area contributed by atoms with E-state index in [1.54, 1.807) is 0 Å². The summed E-state index contributed by atoms with van der Waals surface area (Å²) in [5.74, 6) is 0. The molecule has 0 aromatic carbocycles. The molecule has 0 unspecified atom stereocenters. The molecule has 0 bridgehead atoms. The zero-order chi connectivity index (χ0) is 14.8. The molecule has 0 aromatic rings. The van der Waals surface area contributed by atoms with Crippen molar-refractivity contribution in [3.05, 3.63) is 0 Å². The summed E-state index contributed by atoms with van der Waals surface area (Å²) in [5, 5.41) is 0. The average Bonchev–Trinajstić information content (AvgIpc) is 2.23. The molecule has 0 aliphatic rings. The molecule has 5 heteroatoms. The van der Waals surface area contributed by atoms with Crippen LogP contribution in [0, 0.1) is 0 Å². The molecule has 0 saturated carbocycles. The van der Waals surface area contributed by atoms with Gasteiger partial charge in [0.1, 0.15) is 0 Å². The van der Waals surface area contributed by atoms with Crippen molar-refractivity contribution in [1.82, 2.24) is 0 Å². The minimum atomic E-state index is -1.47. The summed E-state index contributed by atoms with van der Waals surface area (Å²) in [6.45, 7) is 16.8. The smallest absolute Gasteiger partial charge is 0.173 e. The van der Waals surface area contributed by atoms with E-state index in [0.717, 1.165) is 39.3 Å². The van der Waals surface area contributed by atoms with Gasteiger partial charge < -0.3 is 13.6 Å². The summed E-state index contributed by atoms with van der Waals surface area (Å²) >= 11 is 0. The van der Waals surface area contributed by atoms with E-state index in [0.29, 0.717) is 0 Å². The lowest BCUT2D eigenvalue weighted by molar-refractivity contribution is 0.0468. The molecule has 0 heterocycles. The van der Waals surface area contributed by atoms with E-state index in [1.807, 2.05) is 0 Å². The third kappa shape index (κ3) is 20.3. The molecule has 3 nitrogen and oxygen atoms in total. The predicted octanol–water partition coefficient (Wildman–Crippen LogP) is 5.54. The topological polar surface area (TPSA) is 27.7 Å². The fourth-order valence-corrected chi connectivity index (χ4v) is 10.1. The number of ether oxygens (including phenoxy) is 2. The summed E-state index contributed by atoms with van der Waals surface area (Å²) in [6, 6.07) is 1.19. The Balaban J connectivity index is -0.00000162. The van der Waals surface area contributed by atoms with Crippen LogP contribution in [0.3, 0.4) is 0 Å². The second-order valence-corrected chi connectivity index (χ2v) is 15.7. The van der Waals surface area contributed by atoms with Crippen LogP contribution < -0.4 is 0 Å². The summed E-state index contributed by atoms with van der Waals surface area (Å²) < 4.78 is 17.3. The highest BCUT2D eigenvalue weighted by Gasteiger charge is 2.28. The Morgan fingerprint density at radius 1 is 0.714 bits per heavy atom. The normalized spacial score (nSPS) is 11.7. The molecule has 0 radical (unpaired) electrons. The Hall–Kier alpha value is 0.314. The van der Waals surface area contributed by atoms with Gasteiger partial charge in [-0.15, -0.1) is 0 Å². The Labute approximate surface area is 137 Å². The molecule has 0 atom stereocenters. The van der Waals surface area contributed by atoms with Crippen LogP contribution >= 0.6 is 0 Å². The molecule has 0 N–H and O–H groups in total. The van der Waals surface area contributed by atoms with Crippen molar-refractivity contribution < 1.29 is 13.6 Å². The number of hydrogen-bond donors (Lipinski definition) is 0. The van der Waals surface area contributed by atoms with Crippen LogP contribution in [0.15, 0.2) is 0 Å². The minimum Gasteiger partial charge on any atom is -0.456 e. The highest BCUT2D eigenvalue weighted by molar-refractivity contribution is 6.84. The first-order valence-corrected chi connectivity index (χ1v) is 14.1. The van der Waals surface area contributed by atoms with Gasteiger partial charge in [-0.05, 0) is 51.6 Å². The maximum atomic E-state index is 6.29. The summed E-state index contributed by atoms with van der Waals surface area (Å²) in [6.07, 6.45) is 3.45. The fraction of sp³-hybridized carbons (Fsp3) is 1.00. The predicted molar refractivity (Wildman–Crippen MR) is 101 cm³/mol. The molecule has 0 aliphatic carbocycles. The maximum Gasteiger partial charge on any atom is 0.173 e. The largest absolute Gasteiger partial charge is 0.456 e. The fourth-order valence-electron chi connectivity index (χ4n) is 2.05. The van der Waals surface area contributed by atoms with Crippen molar-refractivity contribution in [1.29, 1.82) is 0 Å². The van der Waals surface area contributed by atoms with Crippen LogP contribution in [0.1, 0.15) is 41.0 Å². The van der Waals surface area contributed by atoms with Crippen LogP contribution in [0.2, 0.25) is 38.8 Å². The lowest BCUT2D eigenvalue weighted by Gasteiger charge is -2.31. The van der Waals surface area contributed by atoms with E-state index in [9.17, 15) is 0 Å². The second kappa shape index (κ2) is 13.9. The third-order valence-corrected chi connectivity index (χ3v) is 8.88. The summed E-state index contributed by atoms with van der Waals surface area (Å²) in [7, 11) is -2.86. The zero-order valence-corrected chi connectivity index (χ0v) is 15.9. The Morgan fingerprint density at radius 2 is 1.19 bits per heavy atom. The monoisotopic (exact) mass is 338 g/mol. The van der Waals surface area contributed by atoms with Gasteiger partial charge in [0, 0.05) is 13.2 Å². The average molecular weight is 339 g/mol. The molecule has 0 aromatic heterocycles. The van der Waals surface area contributed by atoms with Crippen molar-refractivity contribution in [3.8, 4) is 0 Å². The highest BCUT2D eigenvalue weighted by atomic mass is 28.4. The molecular formula is C16H42O3Si2. The third-order valence-electron chi connectivity index (χ3n) is 2.66. The van der Waals surface area contributed by atoms with E-state index >= 15 is 0 Å². The first kappa shape index (κ1) is 26.2. The van der Waals surface area contributed by atoms with Gasteiger partial charge in [-0.25, -0.2) is 0 Å². The van der Waals surface area contributed by atoms with Crippen molar-refractivity contribution in [2.24, 2.45) is 0 Å². The highest BCUT2D eigenvalue weighted by Crippen LogP contribution is 2.19. The van der Waals surface area contributed by atoms with Crippen LogP contribution in [0.25, 0.3) is 0 Å². The summed E-state index contributed by atoms with van der Waals surface area (Å²) in [4.78, 5) is 0. The maximum absolute atomic E-state index is 6.29. The van der Waals surface area contributed by atoms with Gasteiger partial charge in [-0.2, -0.15) is 0 Å². The number of rotatable bonds is 12. The van der Waals surface area contributed by atoms with Gasteiger partial charge in [0.25, 0.3) is 0 Å². The van der Waals surface area contributed by atoms with Crippen molar-refractivity contribution in [2.75, 3.05) is 26.4 Å². The van der Waals surface area contributed by atoms with Crippen molar-refractivity contribution in [2.45, 2.75) is 79.8 Å². The van der Waals surface area contributed by atoms with E-state index in [4.69, 9.17) is 13.6 Å². The lowest BCUT2D eigenvalue weighted by Crippen LogP contribution is -2.42. The van der Waals surface area contributed by atoms with Gasteiger partial charge in [0.05, 0.1) is 13.2 Å². The van der Waals surface area contributed by atoms with Gasteiger partial charge in [0.2, 0.25) is 0 Å². The molecule has 0 rings (SSSR count). The van der Waals surface area contributed by atoms with Gasteiger partial charge >= 0.3 is 0 Å². The lowest BCUT2D eigenvalue weighted by atomic mass is 10.4. The molecule has 0 spiro atoms. The van der Waals surface area contributed by atoms with Gasteiger partial charge in [0.15, 0.2) is 16.6 Å². The minimum absolute atomic E-state index is 0. The van der Waals surface area contributed by atoms with Crippen molar-refractivity contribution >= 4 is 16.6 Å². The number of hydrogen-bond acceptors (Lipinski definition) is 3. The van der Waals surface area contributed by atoms with E-state index in [1.165, 1.54) is 12.5 Å². The molecule has 0 aliphatic heterocycles. The first-order valence-electron chi connectivity index (χ1n) is 7.62. The van der Waals surface area contributed by atoms with Gasteiger partial charge in [-0.1, -0.05) is 28.2 Å². The van der Waals surface area contributed by atoms with E-state index in [-0.39, 0.29) is 14.9 Å². The molecule has 0 saturated heterocycles. The van der Waals surface area contributed by atoms with Crippen LogP contribution in [-0.4, -0.2) is 43.1 Å². The van der Waals surface area contributed by atoms with Crippen molar-refractivity contribution in [3.63, 3.8) is 0 Å². The second-order valence-electron chi connectivity index (χ2n) is 6.66. The molecule has 0 amide bonds. The molecular weight excluding hydrogens is 296 g/mol. The Morgan fingerprint density at radius 3 is 1.62 bits per heavy atom. The van der Waals surface area contributed by atoms with Crippen LogP contribution in [0.4, 0.5) is 0 Å². The Bertz CT molecular complexity index is 216. The zero-order valence-electron chi connectivity index (χ0n) is 13.9. The molecule has 132 valence electrons. The molecule has 21 heavy (non-hydrogen) atoms. The first-order chi connectivity index (χ1) is 8.77. The van der Waals surface area contributed by atoms with Crippen LogP contribution in [0.5, 0.6) is 0 Å². The number of unbranched alkanes of at least 4 members (excludes halogenated alkanes) is 1. The SMILES string of the molecule is C.C.CCCCOCCOCCC[Si](C)(C)O[Si](C)(C)C.